The topological polar surface area (TPSA) is 43.6 Å². The Labute approximate surface area is 212 Å². The van der Waals surface area contributed by atoms with E-state index in [1.54, 1.807) is 0 Å². The summed E-state index contributed by atoms with van der Waals surface area (Å²) in [6.07, 6.45) is 3.73. The molecule has 0 saturated heterocycles. The molecule has 172 valence electrons. The molecule has 0 N–H and O–H groups in total. The van der Waals surface area contributed by atoms with Gasteiger partial charge in [-0.25, -0.2) is 4.98 Å². The van der Waals surface area contributed by atoms with Crippen LogP contribution in [-0.2, 0) is 0 Å². The average molecular weight is 473 g/mol. The van der Waals surface area contributed by atoms with Crippen LogP contribution in [-0.4, -0.2) is 19.5 Å². The van der Waals surface area contributed by atoms with Crippen LogP contribution in [0.1, 0.15) is 0 Å². The smallest absolute Gasteiger partial charge is 0.138 e. The van der Waals surface area contributed by atoms with Crippen molar-refractivity contribution in [1.82, 2.24) is 19.5 Å². The molecule has 0 aliphatic heterocycles. The van der Waals surface area contributed by atoms with Crippen LogP contribution in [0.3, 0.4) is 0 Å². The summed E-state index contributed by atoms with van der Waals surface area (Å²) >= 11 is 0. The number of pyridine rings is 3. The Bertz CT molecular complexity index is 2150. The van der Waals surface area contributed by atoms with Gasteiger partial charge in [0, 0.05) is 44.9 Å². The van der Waals surface area contributed by atoms with Gasteiger partial charge >= 0.3 is 0 Å². The van der Waals surface area contributed by atoms with Crippen molar-refractivity contribution < 1.29 is 0 Å². The molecule has 4 nitrogen and oxygen atoms in total. The van der Waals surface area contributed by atoms with E-state index in [0.717, 1.165) is 49.9 Å². The second kappa shape index (κ2) is 7.70. The van der Waals surface area contributed by atoms with Gasteiger partial charge in [-0.05, 0) is 47.9 Å². The molecule has 0 bridgehead atoms. The SMILES string of the molecule is c1cc(-c2ccnc3ccccc23)nc(-n2c3ccccc3c3c4ccccc4c4ncccc4c32)c1. The van der Waals surface area contributed by atoms with E-state index in [2.05, 4.69) is 94.5 Å². The lowest BCUT2D eigenvalue weighted by Gasteiger charge is -2.12. The third-order valence-electron chi connectivity index (χ3n) is 7.28. The van der Waals surface area contributed by atoms with Crippen LogP contribution in [0, 0.1) is 0 Å². The summed E-state index contributed by atoms with van der Waals surface area (Å²) in [5, 5.41) is 7.02. The molecule has 0 radical (unpaired) electrons. The fourth-order valence-corrected chi connectivity index (χ4v) is 5.74. The molecule has 0 unspecified atom stereocenters. The molecule has 0 amide bonds. The largest absolute Gasteiger partial charge is 0.293 e. The van der Waals surface area contributed by atoms with Crippen LogP contribution in [0.4, 0.5) is 0 Å². The fourth-order valence-electron chi connectivity index (χ4n) is 5.74. The van der Waals surface area contributed by atoms with Crippen molar-refractivity contribution in [2.24, 2.45) is 0 Å². The number of benzene rings is 4. The molecule has 4 aromatic heterocycles. The Hall–Kier alpha value is -5.09. The molecule has 8 rings (SSSR count). The van der Waals surface area contributed by atoms with Gasteiger partial charge < -0.3 is 0 Å². The molecule has 4 aromatic carbocycles. The van der Waals surface area contributed by atoms with E-state index >= 15 is 0 Å². The van der Waals surface area contributed by atoms with Gasteiger partial charge in [0.2, 0.25) is 0 Å². The maximum atomic E-state index is 5.24. The quantitative estimate of drug-likeness (QED) is 0.239. The Morgan fingerprint density at radius 3 is 2.19 bits per heavy atom. The first-order valence-electron chi connectivity index (χ1n) is 12.4. The van der Waals surface area contributed by atoms with Crippen LogP contribution < -0.4 is 0 Å². The van der Waals surface area contributed by atoms with Gasteiger partial charge in [-0.1, -0.05) is 66.7 Å². The highest BCUT2D eigenvalue weighted by atomic mass is 15.1. The number of rotatable bonds is 2. The standard InChI is InChI=1S/C33H20N4/c1-2-11-24-23(10-1)31-25-12-4-6-16-29(25)37(33(31)26-13-8-19-35-32(24)26)30-17-7-15-28(36-30)22-18-20-34-27-14-5-3-9-21(22)27/h1-20H. The highest BCUT2D eigenvalue weighted by Crippen LogP contribution is 2.41. The lowest BCUT2D eigenvalue weighted by molar-refractivity contribution is 1.09. The second-order valence-electron chi connectivity index (χ2n) is 9.28. The van der Waals surface area contributed by atoms with Crippen molar-refractivity contribution in [1.29, 1.82) is 0 Å². The summed E-state index contributed by atoms with van der Waals surface area (Å²) in [7, 11) is 0. The van der Waals surface area contributed by atoms with E-state index < -0.39 is 0 Å². The molecular weight excluding hydrogens is 452 g/mol. The Kier molecular flexibility index (Phi) is 4.19. The van der Waals surface area contributed by atoms with Gasteiger partial charge in [-0.15, -0.1) is 0 Å². The molecule has 0 spiro atoms. The summed E-state index contributed by atoms with van der Waals surface area (Å²) in [6, 6.07) is 37.9. The van der Waals surface area contributed by atoms with E-state index in [1.807, 2.05) is 36.7 Å². The number of hydrogen-bond acceptors (Lipinski definition) is 3. The zero-order valence-corrected chi connectivity index (χ0v) is 19.8. The first-order chi connectivity index (χ1) is 18.4. The van der Waals surface area contributed by atoms with Crippen LogP contribution in [0.2, 0.25) is 0 Å². The maximum absolute atomic E-state index is 5.24. The average Bonchev–Trinajstić information content (AvgIpc) is 3.33. The van der Waals surface area contributed by atoms with Gasteiger partial charge in [0.05, 0.1) is 27.8 Å². The Morgan fingerprint density at radius 1 is 0.514 bits per heavy atom. The molecule has 0 saturated carbocycles. The summed E-state index contributed by atoms with van der Waals surface area (Å²) in [4.78, 5) is 14.6. The van der Waals surface area contributed by atoms with Gasteiger partial charge in [0.1, 0.15) is 5.82 Å². The number of para-hydroxylation sites is 2. The normalized spacial score (nSPS) is 11.8. The van der Waals surface area contributed by atoms with Crippen molar-refractivity contribution in [3.05, 3.63) is 122 Å². The highest BCUT2D eigenvalue weighted by molar-refractivity contribution is 6.31. The van der Waals surface area contributed by atoms with Crippen molar-refractivity contribution >= 4 is 54.4 Å². The van der Waals surface area contributed by atoms with Gasteiger partial charge in [0.15, 0.2) is 0 Å². The third kappa shape index (κ3) is 2.87. The van der Waals surface area contributed by atoms with Crippen LogP contribution in [0.15, 0.2) is 122 Å². The van der Waals surface area contributed by atoms with Gasteiger partial charge in [0.25, 0.3) is 0 Å². The monoisotopic (exact) mass is 472 g/mol. The maximum Gasteiger partial charge on any atom is 0.138 e. The van der Waals surface area contributed by atoms with E-state index in [-0.39, 0.29) is 0 Å². The van der Waals surface area contributed by atoms with E-state index in [4.69, 9.17) is 9.97 Å². The predicted octanol–water partition coefficient (Wildman–Crippen LogP) is 8.10. The first kappa shape index (κ1) is 20.1. The lowest BCUT2D eigenvalue weighted by Crippen LogP contribution is -1.99. The molecule has 0 fully saturated rings. The molecule has 0 aliphatic carbocycles. The summed E-state index contributed by atoms with van der Waals surface area (Å²) in [6.45, 7) is 0. The molecule has 0 aliphatic rings. The molecular formula is C33H20N4. The number of hydrogen-bond donors (Lipinski definition) is 0. The van der Waals surface area contributed by atoms with Gasteiger partial charge in [-0.3, -0.25) is 14.5 Å². The van der Waals surface area contributed by atoms with Crippen LogP contribution in [0.5, 0.6) is 0 Å². The minimum absolute atomic E-state index is 0.880. The van der Waals surface area contributed by atoms with Crippen molar-refractivity contribution in [2.75, 3.05) is 0 Å². The summed E-state index contributed by atoms with van der Waals surface area (Å²) in [5.74, 6) is 0.880. The number of aromatic nitrogens is 4. The van der Waals surface area contributed by atoms with E-state index in [1.165, 1.54) is 21.5 Å². The fraction of sp³-hybridized carbons (Fsp3) is 0. The van der Waals surface area contributed by atoms with E-state index in [0.29, 0.717) is 0 Å². The van der Waals surface area contributed by atoms with Crippen LogP contribution >= 0.6 is 0 Å². The lowest BCUT2D eigenvalue weighted by atomic mass is 10.00. The minimum Gasteiger partial charge on any atom is -0.293 e. The van der Waals surface area contributed by atoms with Crippen LogP contribution in [0.25, 0.3) is 71.5 Å². The number of fused-ring (bicyclic) bond motifs is 9. The minimum atomic E-state index is 0.880. The van der Waals surface area contributed by atoms with Gasteiger partial charge in [-0.2, -0.15) is 0 Å². The third-order valence-corrected chi connectivity index (χ3v) is 7.28. The van der Waals surface area contributed by atoms with Crippen molar-refractivity contribution in [3.8, 4) is 17.1 Å². The second-order valence-corrected chi connectivity index (χ2v) is 9.28. The number of nitrogens with zero attached hydrogens (tertiary/aromatic N) is 4. The molecule has 0 atom stereocenters. The van der Waals surface area contributed by atoms with Crippen molar-refractivity contribution in [3.63, 3.8) is 0 Å². The first-order valence-corrected chi connectivity index (χ1v) is 12.4. The zero-order valence-electron chi connectivity index (χ0n) is 19.8. The molecule has 4 heterocycles. The highest BCUT2D eigenvalue weighted by Gasteiger charge is 2.20. The zero-order chi connectivity index (χ0) is 24.3. The molecule has 37 heavy (non-hydrogen) atoms. The van der Waals surface area contributed by atoms with Crippen molar-refractivity contribution in [2.45, 2.75) is 0 Å². The summed E-state index contributed by atoms with van der Waals surface area (Å²) < 4.78 is 2.30. The summed E-state index contributed by atoms with van der Waals surface area (Å²) in [5.41, 5.74) is 6.23. The Balaban J connectivity index is 1.53. The molecule has 4 heteroatoms. The predicted molar refractivity (Wildman–Crippen MR) is 152 cm³/mol. The Morgan fingerprint density at radius 2 is 1.27 bits per heavy atom. The molecule has 8 aromatic rings. The van der Waals surface area contributed by atoms with E-state index in [9.17, 15) is 0 Å².